The van der Waals surface area contributed by atoms with Crippen LogP contribution < -0.4 is 16.2 Å². The van der Waals surface area contributed by atoms with Crippen molar-refractivity contribution >= 4 is 11.8 Å². The quantitative estimate of drug-likeness (QED) is 0.691. The van der Waals surface area contributed by atoms with Crippen LogP contribution in [0.15, 0.2) is 47.4 Å². The summed E-state index contributed by atoms with van der Waals surface area (Å²) < 4.78 is 6.32. The topological polar surface area (TPSA) is 89.4 Å². The van der Waals surface area contributed by atoms with Crippen LogP contribution in [0.4, 0.5) is 0 Å². The Kier molecular flexibility index (Phi) is 7.11. The molecule has 0 spiro atoms. The maximum Gasteiger partial charge on any atom is 0.263 e. The van der Waals surface area contributed by atoms with Crippen LogP contribution in [-0.4, -0.2) is 43.7 Å². The van der Waals surface area contributed by atoms with Crippen molar-refractivity contribution < 1.29 is 14.3 Å². The normalized spacial score (nSPS) is 10.4. The predicted octanol–water partition coefficient (Wildman–Crippen LogP) is 1.02. The fraction of sp³-hybridized carbons (Fsp3) is 0.316. The van der Waals surface area contributed by atoms with E-state index in [1.807, 2.05) is 30.3 Å². The molecule has 7 nitrogen and oxygen atoms in total. The van der Waals surface area contributed by atoms with Crippen molar-refractivity contribution in [3.8, 4) is 0 Å². The van der Waals surface area contributed by atoms with Crippen molar-refractivity contribution in [2.45, 2.75) is 13.0 Å². The van der Waals surface area contributed by atoms with E-state index in [0.717, 1.165) is 5.56 Å². The molecule has 0 aliphatic rings. The lowest BCUT2D eigenvalue weighted by Crippen LogP contribution is -2.34. The van der Waals surface area contributed by atoms with Crippen LogP contribution in [0.1, 0.15) is 32.7 Å². The number of methoxy groups -OCH3 is 1. The SMILES string of the molecule is CNC(=O)c1cc(C(=O)NCCCOC)cn(Cc2ccccc2)c1=O. The van der Waals surface area contributed by atoms with Crippen LogP contribution in [-0.2, 0) is 11.3 Å². The maximum atomic E-state index is 12.6. The number of rotatable bonds is 8. The van der Waals surface area contributed by atoms with Gasteiger partial charge < -0.3 is 19.9 Å². The van der Waals surface area contributed by atoms with Gasteiger partial charge in [-0.2, -0.15) is 0 Å². The minimum atomic E-state index is -0.522. The average molecular weight is 357 g/mol. The Hall–Kier alpha value is -2.93. The Morgan fingerprint density at radius 3 is 2.54 bits per heavy atom. The third-order valence-electron chi connectivity index (χ3n) is 3.83. The van der Waals surface area contributed by atoms with Crippen LogP contribution in [0.2, 0.25) is 0 Å². The summed E-state index contributed by atoms with van der Waals surface area (Å²) in [7, 11) is 3.04. The molecule has 0 aliphatic heterocycles. The first-order chi connectivity index (χ1) is 12.6. The standard InChI is InChI=1S/C19H23N3O4/c1-20-18(24)16-11-15(17(23)21-9-6-10-26-2)13-22(19(16)25)12-14-7-4-3-5-8-14/h3-5,7-8,11,13H,6,9-10,12H2,1-2H3,(H,20,24)(H,21,23). The smallest absolute Gasteiger partial charge is 0.263 e. The molecule has 7 heteroatoms. The lowest BCUT2D eigenvalue weighted by atomic mass is 10.1. The van der Waals surface area contributed by atoms with E-state index >= 15 is 0 Å². The summed E-state index contributed by atoms with van der Waals surface area (Å²) in [6, 6.07) is 10.7. The molecule has 1 aromatic heterocycles. The van der Waals surface area contributed by atoms with Gasteiger partial charge in [-0.3, -0.25) is 14.4 Å². The Morgan fingerprint density at radius 2 is 1.88 bits per heavy atom. The van der Waals surface area contributed by atoms with E-state index in [9.17, 15) is 14.4 Å². The molecule has 1 aromatic carbocycles. The second-order valence-electron chi connectivity index (χ2n) is 5.74. The van der Waals surface area contributed by atoms with E-state index in [1.165, 1.54) is 23.9 Å². The summed E-state index contributed by atoms with van der Waals surface area (Å²) in [6.45, 7) is 1.26. The molecule has 0 saturated carbocycles. The third kappa shape index (κ3) is 5.03. The van der Waals surface area contributed by atoms with Gasteiger partial charge in [0.15, 0.2) is 0 Å². The molecule has 138 valence electrons. The molecule has 2 aromatic rings. The monoisotopic (exact) mass is 357 g/mol. The molecule has 0 atom stereocenters. The Morgan fingerprint density at radius 1 is 1.15 bits per heavy atom. The van der Waals surface area contributed by atoms with Crippen LogP contribution in [0.25, 0.3) is 0 Å². The maximum absolute atomic E-state index is 12.6. The molecule has 26 heavy (non-hydrogen) atoms. The zero-order chi connectivity index (χ0) is 18.9. The van der Waals surface area contributed by atoms with Crippen molar-refractivity contribution in [1.29, 1.82) is 0 Å². The second kappa shape index (κ2) is 9.53. The van der Waals surface area contributed by atoms with E-state index in [0.29, 0.717) is 19.6 Å². The summed E-state index contributed by atoms with van der Waals surface area (Å²) in [5, 5.41) is 5.20. The van der Waals surface area contributed by atoms with Crippen LogP contribution in [0.3, 0.4) is 0 Å². The molecule has 0 unspecified atom stereocenters. The number of benzene rings is 1. The molecule has 0 saturated heterocycles. The van der Waals surface area contributed by atoms with Gasteiger partial charge in [0.05, 0.1) is 12.1 Å². The lowest BCUT2D eigenvalue weighted by Gasteiger charge is -2.12. The number of hydrogen-bond acceptors (Lipinski definition) is 4. The summed E-state index contributed by atoms with van der Waals surface area (Å²) >= 11 is 0. The van der Waals surface area contributed by atoms with Crippen LogP contribution in [0.5, 0.6) is 0 Å². The number of nitrogens with zero attached hydrogens (tertiary/aromatic N) is 1. The highest BCUT2D eigenvalue weighted by molar-refractivity contribution is 5.99. The van der Waals surface area contributed by atoms with Gasteiger partial charge in [-0.15, -0.1) is 0 Å². The van der Waals surface area contributed by atoms with E-state index in [4.69, 9.17) is 4.74 Å². The molecule has 0 radical (unpaired) electrons. The predicted molar refractivity (Wildman–Crippen MR) is 98.5 cm³/mol. The van der Waals surface area contributed by atoms with Crippen LogP contribution >= 0.6 is 0 Å². The molecular formula is C19H23N3O4. The molecule has 2 amide bonds. The highest BCUT2D eigenvalue weighted by Crippen LogP contribution is 2.06. The zero-order valence-corrected chi connectivity index (χ0v) is 15.0. The molecule has 2 rings (SSSR count). The minimum absolute atomic E-state index is 0.0621. The van der Waals surface area contributed by atoms with Gasteiger partial charge in [0, 0.05) is 33.5 Å². The number of carbonyl (C=O) groups is 2. The number of carbonyl (C=O) groups excluding carboxylic acids is 2. The Bertz CT molecular complexity index is 815. The zero-order valence-electron chi connectivity index (χ0n) is 15.0. The van der Waals surface area contributed by atoms with Crippen molar-refractivity contribution in [3.05, 3.63) is 69.6 Å². The number of amides is 2. The van der Waals surface area contributed by atoms with Crippen molar-refractivity contribution in [1.82, 2.24) is 15.2 Å². The summed E-state index contributed by atoms with van der Waals surface area (Å²) in [5.41, 5.74) is 0.656. The van der Waals surface area contributed by atoms with Gasteiger partial charge in [0.2, 0.25) is 0 Å². The molecule has 2 N–H and O–H groups in total. The largest absolute Gasteiger partial charge is 0.385 e. The first-order valence-corrected chi connectivity index (χ1v) is 8.34. The second-order valence-corrected chi connectivity index (χ2v) is 5.74. The van der Waals surface area contributed by atoms with E-state index in [-0.39, 0.29) is 23.6 Å². The van der Waals surface area contributed by atoms with Crippen molar-refractivity contribution in [2.24, 2.45) is 0 Å². The molecule has 0 aliphatic carbocycles. The minimum Gasteiger partial charge on any atom is -0.385 e. The highest BCUT2D eigenvalue weighted by Gasteiger charge is 2.16. The first-order valence-electron chi connectivity index (χ1n) is 8.34. The lowest BCUT2D eigenvalue weighted by molar-refractivity contribution is 0.0947. The first kappa shape index (κ1) is 19.4. The highest BCUT2D eigenvalue weighted by atomic mass is 16.5. The fourth-order valence-corrected chi connectivity index (χ4v) is 2.48. The summed E-state index contributed by atoms with van der Waals surface area (Å²) in [5.74, 6) is -0.862. The molecule has 0 fully saturated rings. The van der Waals surface area contributed by atoms with Gasteiger partial charge in [0.1, 0.15) is 5.56 Å². The fourth-order valence-electron chi connectivity index (χ4n) is 2.48. The van der Waals surface area contributed by atoms with Crippen molar-refractivity contribution in [2.75, 3.05) is 27.3 Å². The van der Waals surface area contributed by atoms with Gasteiger partial charge in [-0.05, 0) is 18.1 Å². The Balaban J connectivity index is 2.33. The van der Waals surface area contributed by atoms with Gasteiger partial charge in [-0.1, -0.05) is 30.3 Å². The average Bonchev–Trinajstić information content (AvgIpc) is 2.66. The number of ether oxygens (including phenoxy) is 1. The Labute approximate surface area is 152 Å². The van der Waals surface area contributed by atoms with Gasteiger partial charge in [0.25, 0.3) is 17.4 Å². The number of aromatic nitrogens is 1. The number of pyridine rings is 1. The van der Waals surface area contributed by atoms with Gasteiger partial charge in [-0.25, -0.2) is 0 Å². The van der Waals surface area contributed by atoms with E-state index in [2.05, 4.69) is 10.6 Å². The molecule has 0 bridgehead atoms. The van der Waals surface area contributed by atoms with Crippen LogP contribution in [0, 0.1) is 0 Å². The number of nitrogens with one attached hydrogen (secondary N) is 2. The van der Waals surface area contributed by atoms with Crippen molar-refractivity contribution in [3.63, 3.8) is 0 Å². The molecular weight excluding hydrogens is 334 g/mol. The van der Waals surface area contributed by atoms with Gasteiger partial charge >= 0.3 is 0 Å². The van der Waals surface area contributed by atoms with E-state index in [1.54, 1.807) is 7.11 Å². The number of hydrogen-bond donors (Lipinski definition) is 2. The summed E-state index contributed by atoms with van der Waals surface area (Å²) in [6.07, 6.45) is 2.15. The molecule has 1 heterocycles. The third-order valence-corrected chi connectivity index (χ3v) is 3.83. The van der Waals surface area contributed by atoms with E-state index < -0.39 is 11.5 Å². The summed E-state index contributed by atoms with van der Waals surface area (Å²) in [4.78, 5) is 37.0.